The minimum absolute atomic E-state index is 0.0209. The van der Waals surface area contributed by atoms with Crippen LogP contribution >= 0.6 is 0 Å². The maximum absolute atomic E-state index is 13.5. The van der Waals surface area contributed by atoms with Gasteiger partial charge in [0.2, 0.25) is 0 Å². The number of nitrogens with zero attached hydrogens (tertiary/aromatic N) is 1. The van der Waals surface area contributed by atoms with Crippen LogP contribution in [-0.2, 0) is 14.3 Å². The predicted octanol–water partition coefficient (Wildman–Crippen LogP) is 6.49. The highest BCUT2D eigenvalue weighted by atomic mass is 19.1. The van der Waals surface area contributed by atoms with Gasteiger partial charge in [-0.15, -0.1) is 0 Å². The van der Waals surface area contributed by atoms with Gasteiger partial charge in [-0.2, -0.15) is 0 Å². The van der Waals surface area contributed by atoms with E-state index in [0.29, 0.717) is 17.3 Å². The zero-order valence-corrected chi connectivity index (χ0v) is 22.9. The van der Waals surface area contributed by atoms with Gasteiger partial charge >= 0.3 is 5.97 Å². The number of carbonyl (C=O) groups is 1. The van der Waals surface area contributed by atoms with Gasteiger partial charge in [0, 0.05) is 31.5 Å². The van der Waals surface area contributed by atoms with Crippen molar-refractivity contribution >= 4 is 12.0 Å². The number of esters is 1. The molecule has 1 aromatic carbocycles. The Morgan fingerprint density at radius 3 is 2.49 bits per heavy atom. The van der Waals surface area contributed by atoms with Gasteiger partial charge in [0.25, 0.3) is 0 Å². The molecular weight excluding hydrogens is 465 g/mol. The molecule has 37 heavy (non-hydrogen) atoms. The Bertz CT molecular complexity index is 1030. The Balaban J connectivity index is 1.25. The summed E-state index contributed by atoms with van der Waals surface area (Å²) in [6, 6.07) is 7.43. The molecule has 0 unspecified atom stereocenters. The molecule has 0 spiro atoms. The second-order valence-electron chi connectivity index (χ2n) is 13.2. The summed E-state index contributed by atoms with van der Waals surface area (Å²) in [4.78, 5) is 14.9. The van der Waals surface area contributed by atoms with Gasteiger partial charge in [0.15, 0.2) is 0 Å². The lowest BCUT2D eigenvalue weighted by Gasteiger charge is -2.61. The number of benzene rings is 1. The van der Waals surface area contributed by atoms with Gasteiger partial charge in [0.05, 0.1) is 13.2 Å². The van der Waals surface area contributed by atoms with Gasteiger partial charge in [0.1, 0.15) is 11.9 Å². The lowest BCUT2D eigenvalue weighted by Crippen LogP contribution is -2.56. The smallest absolute Gasteiger partial charge is 0.303 e. The first kappa shape index (κ1) is 25.6. The summed E-state index contributed by atoms with van der Waals surface area (Å²) in [5, 5.41) is 0. The molecule has 5 aliphatic rings. The Labute approximate surface area is 222 Å². The van der Waals surface area contributed by atoms with E-state index in [1.54, 1.807) is 0 Å². The fourth-order valence-electron chi connectivity index (χ4n) is 9.64. The van der Waals surface area contributed by atoms with Crippen molar-refractivity contribution in [3.63, 3.8) is 0 Å². The van der Waals surface area contributed by atoms with Crippen LogP contribution in [0.3, 0.4) is 0 Å². The summed E-state index contributed by atoms with van der Waals surface area (Å²) in [6.07, 6.45) is 12.0. The van der Waals surface area contributed by atoms with E-state index in [-0.39, 0.29) is 23.3 Å². The average molecular weight is 510 g/mol. The van der Waals surface area contributed by atoms with E-state index < -0.39 is 0 Å². The fraction of sp³-hybridized carbons (Fsp3) is 0.719. The Morgan fingerprint density at radius 2 is 1.76 bits per heavy atom. The van der Waals surface area contributed by atoms with Crippen LogP contribution in [0.5, 0.6) is 0 Å². The van der Waals surface area contributed by atoms with Crippen molar-refractivity contribution in [1.29, 1.82) is 0 Å². The number of rotatable bonds is 3. The second-order valence-corrected chi connectivity index (χ2v) is 13.2. The van der Waals surface area contributed by atoms with Crippen molar-refractivity contribution in [3.05, 3.63) is 41.2 Å². The molecule has 8 atom stereocenters. The third-order valence-corrected chi connectivity index (χ3v) is 11.5. The maximum Gasteiger partial charge on any atom is 0.303 e. The van der Waals surface area contributed by atoms with Gasteiger partial charge in [-0.25, -0.2) is 4.39 Å². The van der Waals surface area contributed by atoms with E-state index in [1.165, 1.54) is 63.2 Å². The molecule has 5 heteroatoms. The van der Waals surface area contributed by atoms with Crippen LogP contribution in [0.25, 0.3) is 6.08 Å². The summed E-state index contributed by atoms with van der Waals surface area (Å²) in [5.41, 5.74) is 2.61. The van der Waals surface area contributed by atoms with E-state index in [1.807, 2.05) is 12.1 Å². The van der Waals surface area contributed by atoms with Crippen molar-refractivity contribution in [2.24, 2.45) is 34.5 Å². The lowest BCUT2D eigenvalue weighted by atomic mass is 9.45. The van der Waals surface area contributed by atoms with Crippen LogP contribution < -0.4 is 0 Å². The molecule has 6 rings (SSSR count). The van der Waals surface area contributed by atoms with Crippen LogP contribution in [0.4, 0.5) is 4.39 Å². The van der Waals surface area contributed by atoms with Crippen LogP contribution in [0, 0.1) is 40.3 Å². The Kier molecular flexibility index (Phi) is 6.76. The van der Waals surface area contributed by atoms with Crippen LogP contribution in [0.1, 0.15) is 77.7 Å². The summed E-state index contributed by atoms with van der Waals surface area (Å²) < 4.78 is 25.3. The summed E-state index contributed by atoms with van der Waals surface area (Å²) in [7, 11) is 0. The van der Waals surface area contributed by atoms with E-state index in [0.717, 1.165) is 62.6 Å². The topological polar surface area (TPSA) is 38.8 Å². The quantitative estimate of drug-likeness (QED) is 0.436. The van der Waals surface area contributed by atoms with E-state index >= 15 is 0 Å². The standard InChI is InChI=1S/C32H44FNO3/c1-21(35)37-30-23(18-22-4-7-25(33)8-5-22)19-29-27-9-6-24-20-26(34-14-16-36-17-15-34)10-12-31(24,2)28(27)11-13-32(29,30)3/h4-5,7-8,18,24,26-30H,6,9-17,19-20H2,1-3H3/b23-18+/t24-,26-,27+,28-,29-,30-,31-,32-/m0/s1. The normalized spacial score (nSPS) is 43.1. The highest BCUT2D eigenvalue weighted by Crippen LogP contribution is 2.67. The van der Waals surface area contributed by atoms with Crippen LogP contribution in [0.2, 0.25) is 0 Å². The molecule has 1 aromatic rings. The van der Waals surface area contributed by atoms with Gasteiger partial charge in [-0.3, -0.25) is 9.69 Å². The molecular formula is C32H44FNO3. The van der Waals surface area contributed by atoms with Gasteiger partial charge in [-0.1, -0.05) is 32.1 Å². The van der Waals surface area contributed by atoms with Crippen molar-refractivity contribution < 1.29 is 18.7 Å². The second kappa shape index (κ2) is 9.79. The highest BCUT2D eigenvalue weighted by molar-refractivity contribution is 5.67. The number of halogens is 1. The van der Waals surface area contributed by atoms with Gasteiger partial charge in [-0.05, 0) is 104 Å². The summed E-state index contributed by atoms with van der Waals surface area (Å²) in [5.74, 6) is 2.39. The molecule has 0 radical (unpaired) electrons. The average Bonchev–Trinajstić information content (AvgIpc) is 3.16. The van der Waals surface area contributed by atoms with Crippen molar-refractivity contribution in [2.75, 3.05) is 26.3 Å². The molecule has 5 fully saturated rings. The lowest BCUT2D eigenvalue weighted by molar-refractivity contribution is -0.160. The molecule has 202 valence electrons. The maximum atomic E-state index is 13.5. The first-order chi connectivity index (χ1) is 17.8. The number of fused-ring (bicyclic) bond motifs is 5. The highest BCUT2D eigenvalue weighted by Gasteiger charge is 2.62. The van der Waals surface area contributed by atoms with Gasteiger partial charge < -0.3 is 9.47 Å². The zero-order valence-electron chi connectivity index (χ0n) is 22.9. The number of carbonyl (C=O) groups excluding carboxylic acids is 1. The molecule has 1 aliphatic heterocycles. The first-order valence-electron chi connectivity index (χ1n) is 14.7. The molecule has 1 saturated heterocycles. The summed E-state index contributed by atoms with van der Waals surface area (Å²) in [6.45, 7) is 10.5. The number of hydrogen-bond donors (Lipinski definition) is 0. The van der Waals surface area contributed by atoms with E-state index in [2.05, 4.69) is 24.8 Å². The SMILES string of the molecule is CC(=O)O[C@H]1/C(=C/c2ccc(F)cc2)C[C@H]2[C@@H]3CC[C@H]4C[C@@H](N5CCOCC5)CC[C@]4(C)[C@H]3CC[C@]12C. The molecule has 4 aliphatic carbocycles. The molecule has 0 bridgehead atoms. The third-order valence-electron chi connectivity index (χ3n) is 11.5. The summed E-state index contributed by atoms with van der Waals surface area (Å²) >= 11 is 0. The molecule has 4 saturated carbocycles. The molecule has 0 amide bonds. The molecule has 0 N–H and O–H groups in total. The largest absolute Gasteiger partial charge is 0.457 e. The van der Waals surface area contributed by atoms with E-state index in [4.69, 9.17) is 9.47 Å². The minimum atomic E-state index is -0.220. The zero-order chi connectivity index (χ0) is 25.8. The molecule has 1 heterocycles. The van der Waals surface area contributed by atoms with Crippen molar-refractivity contribution in [2.45, 2.75) is 84.3 Å². The minimum Gasteiger partial charge on any atom is -0.457 e. The monoisotopic (exact) mass is 509 g/mol. The third kappa shape index (κ3) is 4.48. The first-order valence-corrected chi connectivity index (χ1v) is 14.7. The van der Waals surface area contributed by atoms with Crippen LogP contribution in [0.15, 0.2) is 29.8 Å². The molecule has 4 nitrogen and oxygen atoms in total. The predicted molar refractivity (Wildman–Crippen MR) is 143 cm³/mol. The van der Waals surface area contributed by atoms with Crippen molar-refractivity contribution in [1.82, 2.24) is 4.90 Å². The Morgan fingerprint density at radius 1 is 1.03 bits per heavy atom. The molecule has 0 aromatic heterocycles. The number of morpholine rings is 1. The van der Waals surface area contributed by atoms with Crippen LogP contribution in [-0.4, -0.2) is 49.3 Å². The Hall–Kier alpha value is -1.72. The van der Waals surface area contributed by atoms with E-state index in [9.17, 15) is 9.18 Å². The number of ether oxygens (including phenoxy) is 2. The van der Waals surface area contributed by atoms with Crippen molar-refractivity contribution in [3.8, 4) is 0 Å². The fourth-order valence-corrected chi connectivity index (χ4v) is 9.64. The number of hydrogen-bond acceptors (Lipinski definition) is 4.